The first kappa shape index (κ1) is 20.9. The summed E-state index contributed by atoms with van der Waals surface area (Å²) in [6.45, 7) is 5.54. The number of piperidine rings is 1. The molecule has 1 saturated heterocycles. The molecule has 1 unspecified atom stereocenters. The van der Waals surface area contributed by atoms with Crippen LogP contribution in [-0.4, -0.2) is 41.3 Å². The van der Waals surface area contributed by atoms with Crippen molar-refractivity contribution in [2.24, 2.45) is 5.92 Å². The van der Waals surface area contributed by atoms with E-state index < -0.39 is 4.92 Å². The number of hydrogen-bond acceptors (Lipinski definition) is 4. The highest BCUT2D eigenvalue weighted by Gasteiger charge is 2.29. The Morgan fingerprint density at radius 2 is 2.07 bits per heavy atom. The molecule has 1 aliphatic rings. The number of amides is 2. The Labute approximate surface area is 160 Å². The number of likely N-dealkylation sites (tertiary alicyclic amines) is 1. The van der Waals surface area contributed by atoms with Gasteiger partial charge in [0.2, 0.25) is 5.91 Å². The fraction of sp³-hybridized carbons (Fsp3) is 0.600. The molecule has 1 N–H and O–H groups in total. The van der Waals surface area contributed by atoms with Crippen LogP contribution in [0.25, 0.3) is 0 Å². The molecule has 1 fully saturated rings. The van der Waals surface area contributed by atoms with E-state index in [2.05, 4.69) is 12.2 Å². The minimum Gasteiger partial charge on any atom is -0.356 e. The largest absolute Gasteiger partial charge is 0.356 e. The first-order chi connectivity index (χ1) is 12.9. The monoisotopic (exact) mass is 375 g/mol. The van der Waals surface area contributed by atoms with Gasteiger partial charge in [0.1, 0.15) is 0 Å². The summed E-state index contributed by atoms with van der Waals surface area (Å²) in [6, 6.07) is 4.27. The molecule has 0 radical (unpaired) electrons. The number of nitrogens with one attached hydrogen (secondary N) is 1. The third-order valence-electron chi connectivity index (χ3n) is 5.06. The van der Waals surface area contributed by atoms with Crippen molar-refractivity contribution in [3.8, 4) is 0 Å². The van der Waals surface area contributed by atoms with Gasteiger partial charge in [-0.05, 0) is 37.8 Å². The lowest BCUT2D eigenvalue weighted by molar-refractivity contribution is -0.384. The van der Waals surface area contributed by atoms with Crippen LogP contribution in [0.5, 0.6) is 0 Å². The molecule has 1 aliphatic heterocycles. The van der Waals surface area contributed by atoms with Crippen LogP contribution >= 0.6 is 0 Å². The van der Waals surface area contributed by atoms with Gasteiger partial charge in [-0.25, -0.2) is 0 Å². The first-order valence-corrected chi connectivity index (χ1v) is 9.76. The molecule has 0 spiro atoms. The van der Waals surface area contributed by atoms with Crippen LogP contribution < -0.4 is 5.32 Å². The number of non-ortho nitro benzene ring substituents is 1. The molecule has 7 nitrogen and oxygen atoms in total. The molecule has 0 saturated carbocycles. The third-order valence-corrected chi connectivity index (χ3v) is 5.06. The van der Waals surface area contributed by atoms with Gasteiger partial charge in [0, 0.05) is 37.3 Å². The number of rotatable bonds is 8. The number of unbranched alkanes of at least 4 members (excludes halogenated alkanes) is 3. The first-order valence-electron chi connectivity index (χ1n) is 9.76. The zero-order chi connectivity index (χ0) is 19.8. The van der Waals surface area contributed by atoms with E-state index in [0.717, 1.165) is 32.1 Å². The summed E-state index contributed by atoms with van der Waals surface area (Å²) < 4.78 is 0. The fourth-order valence-electron chi connectivity index (χ4n) is 3.46. The second-order valence-corrected chi connectivity index (χ2v) is 7.20. The highest BCUT2D eigenvalue weighted by molar-refractivity contribution is 5.96. The predicted octanol–water partition coefficient (Wildman–Crippen LogP) is 3.45. The molecule has 27 heavy (non-hydrogen) atoms. The normalized spacial score (nSPS) is 16.8. The van der Waals surface area contributed by atoms with E-state index in [4.69, 9.17) is 0 Å². The van der Waals surface area contributed by atoms with Gasteiger partial charge in [0.25, 0.3) is 11.6 Å². The van der Waals surface area contributed by atoms with Crippen LogP contribution in [0.2, 0.25) is 0 Å². The third kappa shape index (κ3) is 5.77. The minimum absolute atomic E-state index is 0.0180. The van der Waals surface area contributed by atoms with Crippen molar-refractivity contribution in [3.05, 3.63) is 39.4 Å². The lowest BCUT2D eigenvalue weighted by atomic mass is 9.95. The second kappa shape index (κ2) is 10.0. The van der Waals surface area contributed by atoms with Crippen LogP contribution in [-0.2, 0) is 4.79 Å². The van der Waals surface area contributed by atoms with Crippen LogP contribution in [0, 0.1) is 23.0 Å². The maximum absolute atomic E-state index is 12.8. The summed E-state index contributed by atoms with van der Waals surface area (Å²) >= 11 is 0. The molecule has 1 aromatic carbocycles. The van der Waals surface area contributed by atoms with Crippen molar-refractivity contribution in [3.63, 3.8) is 0 Å². The van der Waals surface area contributed by atoms with E-state index in [1.54, 1.807) is 11.8 Å². The van der Waals surface area contributed by atoms with Crippen LogP contribution in [0.3, 0.4) is 0 Å². The molecule has 1 aromatic rings. The lowest BCUT2D eigenvalue weighted by Crippen LogP contribution is -2.45. The van der Waals surface area contributed by atoms with Crippen molar-refractivity contribution in [2.45, 2.75) is 52.4 Å². The Morgan fingerprint density at radius 3 is 2.74 bits per heavy atom. The smallest absolute Gasteiger partial charge is 0.269 e. The predicted molar refractivity (Wildman–Crippen MR) is 104 cm³/mol. The molecule has 148 valence electrons. The molecule has 0 aromatic heterocycles. The van der Waals surface area contributed by atoms with Crippen molar-refractivity contribution in [1.82, 2.24) is 10.2 Å². The standard InChI is InChI=1S/C20H29N3O4/c1-3-4-5-6-11-21-19(24)16-8-7-12-22(14-16)20(25)18-10-9-17(23(26)27)13-15(18)2/h9-10,13,16H,3-8,11-12,14H2,1-2H3,(H,21,24). The summed E-state index contributed by atoms with van der Waals surface area (Å²) in [5, 5.41) is 13.9. The summed E-state index contributed by atoms with van der Waals surface area (Å²) in [6.07, 6.45) is 6.00. The maximum atomic E-state index is 12.8. The molecule has 2 amide bonds. The van der Waals surface area contributed by atoms with Crippen molar-refractivity contribution in [1.29, 1.82) is 0 Å². The van der Waals surface area contributed by atoms with E-state index in [0.29, 0.717) is 30.8 Å². The Balaban J connectivity index is 1.94. The quantitative estimate of drug-likeness (QED) is 0.428. The van der Waals surface area contributed by atoms with E-state index in [1.807, 2.05) is 0 Å². The molecule has 1 heterocycles. The molecule has 0 aliphatic carbocycles. The topological polar surface area (TPSA) is 92.6 Å². The highest BCUT2D eigenvalue weighted by atomic mass is 16.6. The zero-order valence-corrected chi connectivity index (χ0v) is 16.2. The van der Waals surface area contributed by atoms with Gasteiger partial charge in [0.15, 0.2) is 0 Å². The molecular formula is C20H29N3O4. The fourth-order valence-corrected chi connectivity index (χ4v) is 3.46. The van der Waals surface area contributed by atoms with Gasteiger partial charge >= 0.3 is 0 Å². The molecule has 1 atom stereocenters. The molecule has 2 rings (SSSR count). The Hall–Kier alpha value is -2.44. The highest BCUT2D eigenvalue weighted by Crippen LogP contribution is 2.22. The summed E-state index contributed by atoms with van der Waals surface area (Å²) in [5.41, 5.74) is 1.01. The Morgan fingerprint density at radius 1 is 1.30 bits per heavy atom. The SMILES string of the molecule is CCCCCCNC(=O)C1CCCN(C(=O)c2ccc([N+](=O)[O-])cc2C)C1. The number of carbonyl (C=O) groups is 2. The molecule has 0 bridgehead atoms. The van der Waals surface area contributed by atoms with Crippen molar-refractivity contribution in [2.75, 3.05) is 19.6 Å². The number of nitro groups is 1. The van der Waals surface area contributed by atoms with Gasteiger partial charge < -0.3 is 10.2 Å². The van der Waals surface area contributed by atoms with Gasteiger partial charge in [0.05, 0.1) is 10.8 Å². The van der Waals surface area contributed by atoms with E-state index in [9.17, 15) is 19.7 Å². The number of nitrogens with zero attached hydrogens (tertiary/aromatic N) is 2. The van der Waals surface area contributed by atoms with Gasteiger partial charge in [-0.15, -0.1) is 0 Å². The second-order valence-electron chi connectivity index (χ2n) is 7.20. The van der Waals surface area contributed by atoms with Crippen LogP contribution in [0.1, 0.15) is 61.4 Å². The zero-order valence-electron chi connectivity index (χ0n) is 16.2. The Bertz CT molecular complexity index is 690. The molecular weight excluding hydrogens is 346 g/mol. The van der Waals surface area contributed by atoms with Gasteiger partial charge in [-0.2, -0.15) is 0 Å². The number of benzene rings is 1. The number of aryl methyl sites for hydroxylation is 1. The summed E-state index contributed by atoms with van der Waals surface area (Å²) in [5.74, 6) is -0.334. The van der Waals surface area contributed by atoms with Crippen molar-refractivity contribution >= 4 is 17.5 Å². The van der Waals surface area contributed by atoms with Gasteiger partial charge in [-0.1, -0.05) is 26.2 Å². The maximum Gasteiger partial charge on any atom is 0.269 e. The van der Waals surface area contributed by atoms with Crippen LogP contribution in [0.15, 0.2) is 18.2 Å². The van der Waals surface area contributed by atoms with Crippen molar-refractivity contribution < 1.29 is 14.5 Å². The molecule has 7 heteroatoms. The van der Waals surface area contributed by atoms with Crippen LogP contribution in [0.4, 0.5) is 5.69 Å². The number of nitro benzene ring substituents is 1. The summed E-state index contributed by atoms with van der Waals surface area (Å²) in [7, 11) is 0. The average Bonchev–Trinajstić information content (AvgIpc) is 2.67. The Kier molecular flexibility index (Phi) is 7.76. The number of hydrogen-bond donors (Lipinski definition) is 1. The van der Waals surface area contributed by atoms with E-state index >= 15 is 0 Å². The minimum atomic E-state index is -0.469. The van der Waals surface area contributed by atoms with Gasteiger partial charge in [-0.3, -0.25) is 19.7 Å². The van der Waals surface area contributed by atoms with E-state index in [-0.39, 0.29) is 23.4 Å². The summed E-state index contributed by atoms with van der Waals surface area (Å²) in [4.78, 5) is 37.3. The lowest BCUT2D eigenvalue weighted by Gasteiger charge is -2.32. The number of carbonyl (C=O) groups excluding carboxylic acids is 2. The average molecular weight is 375 g/mol. The van der Waals surface area contributed by atoms with E-state index in [1.165, 1.54) is 24.6 Å².